The molecule has 0 N–H and O–H groups in total. The molecule has 3 heteroatoms. The molecule has 2 aliphatic carbocycles. The Hall–Kier alpha value is -1.84. The van der Waals surface area contributed by atoms with Crippen molar-refractivity contribution >= 4 is 0 Å². The maximum absolute atomic E-state index is 5.85. The van der Waals surface area contributed by atoms with Gasteiger partial charge in [0.1, 0.15) is 5.75 Å². The van der Waals surface area contributed by atoms with Crippen molar-refractivity contribution in [2.75, 3.05) is 32.8 Å². The van der Waals surface area contributed by atoms with Crippen molar-refractivity contribution in [1.29, 1.82) is 0 Å². The van der Waals surface area contributed by atoms with Gasteiger partial charge >= 0.3 is 0 Å². The van der Waals surface area contributed by atoms with Crippen LogP contribution >= 0.6 is 0 Å². The summed E-state index contributed by atoms with van der Waals surface area (Å²) in [6, 6.07) is 18.5. The third kappa shape index (κ3) is 4.81. The van der Waals surface area contributed by atoms with Crippen molar-refractivity contribution in [2.45, 2.75) is 19.4 Å². The Kier molecular flexibility index (Phi) is 5.67. The van der Waals surface area contributed by atoms with E-state index in [1.807, 2.05) is 30.3 Å². The van der Waals surface area contributed by atoms with E-state index in [4.69, 9.17) is 9.47 Å². The Morgan fingerprint density at radius 1 is 0.957 bits per heavy atom. The second kappa shape index (κ2) is 8.14. The Labute approximate surface area is 138 Å². The van der Waals surface area contributed by atoms with Gasteiger partial charge in [0, 0.05) is 19.6 Å². The van der Waals surface area contributed by atoms with E-state index in [0.717, 1.165) is 45.0 Å². The van der Waals surface area contributed by atoms with E-state index in [9.17, 15) is 0 Å². The summed E-state index contributed by atoms with van der Waals surface area (Å²) in [7, 11) is 0. The molecule has 0 amide bonds. The fourth-order valence-corrected chi connectivity index (χ4v) is 2.64. The van der Waals surface area contributed by atoms with Crippen LogP contribution in [0.15, 0.2) is 54.6 Å². The summed E-state index contributed by atoms with van der Waals surface area (Å²) in [6.07, 6.45) is 1.33. The van der Waals surface area contributed by atoms with Crippen LogP contribution in [-0.2, 0) is 4.74 Å². The molecule has 122 valence electrons. The quantitative estimate of drug-likeness (QED) is 0.720. The molecule has 0 bridgehead atoms. The fourth-order valence-electron chi connectivity index (χ4n) is 2.64. The van der Waals surface area contributed by atoms with Gasteiger partial charge in [0.2, 0.25) is 0 Å². The summed E-state index contributed by atoms with van der Waals surface area (Å²) in [6.45, 7) is 7.07. The van der Waals surface area contributed by atoms with Crippen molar-refractivity contribution in [2.24, 2.45) is 0 Å². The average molecular weight is 311 g/mol. The molecule has 0 saturated carbocycles. The summed E-state index contributed by atoms with van der Waals surface area (Å²) in [5, 5.41) is 2.85. The first kappa shape index (κ1) is 16.0. The zero-order chi connectivity index (χ0) is 15.9. The number of nitrogens with zero attached hydrogens (tertiary/aromatic N) is 1. The number of rotatable bonds is 5. The van der Waals surface area contributed by atoms with Crippen LogP contribution in [0.4, 0.5) is 0 Å². The lowest BCUT2D eigenvalue weighted by molar-refractivity contribution is 0.0327. The van der Waals surface area contributed by atoms with Crippen molar-refractivity contribution in [3.8, 4) is 5.75 Å². The summed E-state index contributed by atoms with van der Waals surface area (Å²) in [5.41, 5.74) is 0. The van der Waals surface area contributed by atoms with Gasteiger partial charge in [-0.05, 0) is 35.9 Å². The third-order valence-corrected chi connectivity index (χ3v) is 4.25. The van der Waals surface area contributed by atoms with Gasteiger partial charge in [-0.3, -0.25) is 4.90 Å². The molecule has 1 fully saturated rings. The Balaban J connectivity index is 0.000000213. The second-order valence-electron chi connectivity index (χ2n) is 6.06. The SMILES string of the molecule is CC(CCN1CCOCC1)Oc1ccccc1.c1cc2ccc1=2. The van der Waals surface area contributed by atoms with Crippen molar-refractivity contribution < 1.29 is 9.47 Å². The van der Waals surface area contributed by atoms with E-state index in [1.54, 1.807) is 0 Å². The highest BCUT2D eigenvalue weighted by atomic mass is 16.5. The summed E-state index contributed by atoms with van der Waals surface area (Å²) < 4.78 is 11.2. The van der Waals surface area contributed by atoms with Crippen molar-refractivity contribution in [3.63, 3.8) is 0 Å². The Morgan fingerprint density at radius 2 is 1.57 bits per heavy atom. The Morgan fingerprint density at radius 3 is 2.09 bits per heavy atom. The molecular formula is C20H25NO2. The van der Waals surface area contributed by atoms with E-state index in [0.29, 0.717) is 0 Å². The molecule has 0 aromatic heterocycles. The van der Waals surface area contributed by atoms with E-state index in [2.05, 4.69) is 36.1 Å². The molecule has 4 rings (SSSR count). The highest BCUT2D eigenvalue weighted by molar-refractivity contribution is 5.22. The van der Waals surface area contributed by atoms with Gasteiger partial charge < -0.3 is 9.47 Å². The molecule has 3 nitrogen and oxygen atoms in total. The smallest absolute Gasteiger partial charge is 0.119 e. The number of benzene rings is 2. The van der Waals surface area contributed by atoms with Gasteiger partial charge in [-0.1, -0.05) is 42.5 Å². The molecule has 1 heterocycles. The highest BCUT2D eigenvalue weighted by Crippen LogP contribution is 2.12. The van der Waals surface area contributed by atoms with Crippen LogP contribution in [0, 0.1) is 10.4 Å². The molecule has 1 unspecified atom stereocenters. The maximum Gasteiger partial charge on any atom is 0.119 e. The molecular weight excluding hydrogens is 286 g/mol. The first-order valence-corrected chi connectivity index (χ1v) is 8.43. The molecule has 1 saturated heterocycles. The molecule has 1 aliphatic heterocycles. The van der Waals surface area contributed by atoms with E-state index in [1.165, 1.54) is 10.4 Å². The van der Waals surface area contributed by atoms with Crippen LogP contribution in [0.25, 0.3) is 0 Å². The van der Waals surface area contributed by atoms with Gasteiger partial charge in [0.15, 0.2) is 0 Å². The molecule has 3 aliphatic rings. The lowest BCUT2D eigenvalue weighted by Crippen LogP contribution is -2.38. The average Bonchev–Trinajstić information content (AvgIpc) is 2.59. The van der Waals surface area contributed by atoms with E-state index in [-0.39, 0.29) is 6.10 Å². The summed E-state index contributed by atoms with van der Waals surface area (Å²) >= 11 is 0. The van der Waals surface area contributed by atoms with Crippen LogP contribution in [-0.4, -0.2) is 43.9 Å². The predicted molar refractivity (Wildman–Crippen MR) is 92.5 cm³/mol. The lowest BCUT2D eigenvalue weighted by atomic mass is 10.1. The minimum atomic E-state index is 0.264. The first-order valence-electron chi connectivity index (χ1n) is 8.43. The van der Waals surface area contributed by atoms with E-state index < -0.39 is 0 Å². The fraction of sp³-hybridized carbons (Fsp3) is 0.400. The topological polar surface area (TPSA) is 21.7 Å². The number of morpholine rings is 1. The van der Waals surface area contributed by atoms with E-state index >= 15 is 0 Å². The zero-order valence-corrected chi connectivity index (χ0v) is 13.8. The number of hydrogen-bond acceptors (Lipinski definition) is 3. The molecule has 0 radical (unpaired) electrons. The largest absolute Gasteiger partial charge is 0.491 e. The molecule has 0 spiro atoms. The lowest BCUT2D eigenvalue weighted by Gasteiger charge is -2.27. The number of para-hydroxylation sites is 1. The van der Waals surface area contributed by atoms with Gasteiger partial charge in [-0.2, -0.15) is 0 Å². The van der Waals surface area contributed by atoms with Gasteiger partial charge in [-0.15, -0.1) is 0 Å². The monoisotopic (exact) mass is 311 g/mol. The van der Waals surface area contributed by atoms with Crippen molar-refractivity contribution in [1.82, 2.24) is 4.90 Å². The van der Waals surface area contributed by atoms with Crippen LogP contribution < -0.4 is 4.74 Å². The molecule has 1 aromatic carbocycles. The van der Waals surface area contributed by atoms with Crippen LogP contribution in [0.3, 0.4) is 0 Å². The minimum Gasteiger partial charge on any atom is -0.491 e. The first-order chi connectivity index (χ1) is 11.3. The number of hydrogen-bond donors (Lipinski definition) is 0. The third-order valence-electron chi connectivity index (χ3n) is 4.25. The van der Waals surface area contributed by atoms with Crippen LogP contribution in [0.1, 0.15) is 13.3 Å². The van der Waals surface area contributed by atoms with Gasteiger partial charge in [0.05, 0.1) is 19.3 Å². The van der Waals surface area contributed by atoms with Gasteiger partial charge in [0.25, 0.3) is 0 Å². The van der Waals surface area contributed by atoms with Crippen molar-refractivity contribution in [3.05, 3.63) is 65.0 Å². The molecule has 1 atom stereocenters. The summed E-state index contributed by atoms with van der Waals surface area (Å²) in [5.74, 6) is 0.960. The molecule has 23 heavy (non-hydrogen) atoms. The summed E-state index contributed by atoms with van der Waals surface area (Å²) in [4.78, 5) is 2.44. The Bertz CT molecular complexity index is 630. The van der Waals surface area contributed by atoms with Crippen LogP contribution in [0.5, 0.6) is 5.75 Å². The number of ether oxygens (including phenoxy) is 2. The predicted octanol–water partition coefficient (Wildman–Crippen LogP) is 3.46. The van der Waals surface area contributed by atoms with Gasteiger partial charge in [-0.25, -0.2) is 0 Å². The highest BCUT2D eigenvalue weighted by Gasteiger charge is 2.12. The van der Waals surface area contributed by atoms with Crippen LogP contribution in [0.2, 0.25) is 0 Å². The zero-order valence-electron chi connectivity index (χ0n) is 13.8. The minimum absolute atomic E-state index is 0.264. The standard InChI is InChI=1S/C14H21NO2.C6H4/c1-13(17-14-5-3-2-4-6-14)7-8-15-9-11-16-12-10-15;1-2-6-4-3-5(1)6/h2-6,13H,7-12H2,1H3;1-4H. The second-order valence-corrected chi connectivity index (χ2v) is 6.06. The maximum atomic E-state index is 5.85. The normalized spacial score (nSPS) is 16.9. The molecule has 1 aromatic rings.